The van der Waals surface area contributed by atoms with Crippen LogP contribution >= 0.6 is 0 Å². The van der Waals surface area contributed by atoms with Gasteiger partial charge < -0.3 is 13.9 Å². The summed E-state index contributed by atoms with van der Waals surface area (Å²) in [7, 11) is 0. The summed E-state index contributed by atoms with van der Waals surface area (Å²) in [5, 5.41) is 0. The molecule has 0 spiro atoms. The van der Waals surface area contributed by atoms with Gasteiger partial charge in [-0.25, -0.2) is 0 Å². The topological polar surface area (TPSA) is 31.6 Å². The summed E-state index contributed by atoms with van der Waals surface area (Å²) in [6.45, 7) is -3.15. The summed E-state index contributed by atoms with van der Waals surface area (Å²) >= 11 is 0. The standard InChI is InChI=1S/C14H10F6O3/c15-13(16,17)7-22-10-4-9(12-2-1-3-21-12)5-11(6-10)23-8-14(18,19)20/h1-6H,7-8H2. The monoisotopic (exact) mass is 340 g/mol. The van der Waals surface area contributed by atoms with Gasteiger partial charge in [-0.3, -0.25) is 0 Å². The average molecular weight is 340 g/mol. The van der Waals surface area contributed by atoms with Crippen LogP contribution in [0.3, 0.4) is 0 Å². The predicted octanol–water partition coefficient (Wildman–Crippen LogP) is 4.83. The zero-order valence-corrected chi connectivity index (χ0v) is 11.4. The molecule has 0 fully saturated rings. The van der Waals surface area contributed by atoms with Crippen LogP contribution in [-0.4, -0.2) is 25.6 Å². The lowest BCUT2D eigenvalue weighted by Crippen LogP contribution is -2.20. The van der Waals surface area contributed by atoms with Crippen LogP contribution in [0.5, 0.6) is 11.5 Å². The van der Waals surface area contributed by atoms with Gasteiger partial charge in [0.05, 0.1) is 6.26 Å². The third-order valence-corrected chi connectivity index (χ3v) is 2.49. The van der Waals surface area contributed by atoms with Crippen molar-refractivity contribution in [2.45, 2.75) is 12.4 Å². The number of hydrogen-bond donors (Lipinski definition) is 0. The Labute approximate surface area is 126 Å². The van der Waals surface area contributed by atoms with E-state index < -0.39 is 25.6 Å². The van der Waals surface area contributed by atoms with E-state index in [0.717, 1.165) is 6.07 Å². The Kier molecular flexibility index (Phi) is 4.76. The van der Waals surface area contributed by atoms with E-state index in [9.17, 15) is 26.3 Å². The highest BCUT2D eigenvalue weighted by Crippen LogP contribution is 2.32. The van der Waals surface area contributed by atoms with E-state index in [1.165, 1.54) is 30.5 Å². The molecule has 0 atom stereocenters. The molecule has 0 aliphatic carbocycles. The van der Waals surface area contributed by atoms with Gasteiger partial charge >= 0.3 is 12.4 Å². The van der Waals surface area contributed by atoms with E-state index >= 15 is 0 Å². The molecule has 9 heteroatoms. The Hall–Kier alpha value is -2.32. The fourth-order valence-electron chi connectivity index (χ4n) is 1.65. The first-order valence-electron chi connectivity index (χ1n) is 6.20. The summed E-state index contributed by atoms with van der Waals surface area (Å²) in [4.78, 5) is 0. The molecule has 2 aromatic rings. The zero-order chi connectivity index (χ0) is 17.1. The van der Waals surface area contributed by atoms with Gasteiger partial charge in [-0.1, -0.05) is 0 Å². The second-order valence-corrected chi connectivity index (χ2v) is 4.48. The molecular weight excluding hydrogens is 330 g/mol. The molecule has 0 aliphatic heterocycles. The summed E-state index contributed by atoms with van der Waals surface area (Å²) in [5.41, 5.74) is 0.229. The number of halogens is 6. The highest BCUT2D eigenvalue weighted by atomic mass is 19.4. The maximum Gasteiger partial charge on any atom is 0.422 e. The minimum absolute atomic E-state index is 0.229. The molecule has 3 nitrogen and oxygen atoms in total. The van der Waals surface area contributed by atoms with E-state index in [-0.39, 0.29) is 22.8 Å². The molecule has 0 bridgehead atoms. The van der Waals surface area contributed by atoms with Gasteiger partial charge in [-0.2, -0.15) is 26.3 Å². The van der Waals surface area contributed by atoms with Crippen molar-refractivity contribution >= 4 is 0 Å². The Morgan fingerprint density at radius 2 is 1.35 bits per heavy atom. The first-order valence-corrected chi connectivity index (χ1v) is 6.20. The molecule has 2 rings (SSSR count). The minimum Gasteiger partial charge on any atom is -0.484 e. The van der Waals surface area contributed by atoms with Crippen molar-refractivity contribution < 1.29 is 40.2 Å². The van der Waals surface area contributed by atoms with Crippen LogP contribution in [0.1, 0.15) is 0 Å². The van der Waals surface area contributed by atoms with Crippen LogP contribution in [0.2, 0.25) is 0 Å². The summed E-state index contributed by atoms with van der Waals surface area (Å²) in [6.07, 6.45) is -7.84. The molecular formula is C14H10F6O3. The van der Waals surface area contributed by atoms with Crippen LogP contribution in [-0.2, 0) is 0 Å². The Morgan fingerprint density at radius 1 is 0.826 bits per heavy atom. The number of hydrogen-bond acceptors (Lipinski definition) is 3. The van der Waals surface area contributed by atoms with E-state index in [1.807, 2.05) is 0 Å². The first kappa shape index (κ1) is 17.0. The molecule has 0 unspecified atom stereocenters. The van der Waals surface area contributed by atoms with E-state index in [1.54, 1.807) is 0 Å². The molecule has 126 valence electrons. The van der Waals surface area contributed by atoms with Crippen molar-refractivity contribution in [2.75, 3.05) is 13.2 Å². The van der Waals surface area contributed by atoms with Crippen molar-refractivity contribution in [3.8, 4) is 22.8 Å². The fraction of sp³-hybridized carbons (Fsp3) is 0.286. The molecule has 0 aliphatic rings. The minimum atomic E-state index is -4.58. The lowest BCUT2D eigenvalue weighted by molar-refractivity contribution is -0.153. The SMILES string of the molecule is FC(F)(F)COc1cc(OCC(F)(F)F)cc(-c2ccco2)c1. The second-order valence-electron chi connectivity index (χ2n) is 4.48. The van der Waals surface area contributed by atoms with E-state index in [4.69, 9.17) is 4.42 Å². The lowest BCUT2D eigenvalue weighted by atomic mass is 10.1. The van der Waals surface area contributed by atoms with Crippen molar-refractivity contribution in [3.63, 3.8) is 0 Å². The van der Waals surface area contributed by atoms with Crippen LogP contribution in [0.4, 0.5) is 26.3 Å². The van der Waals surface area contributed by atoms with Crippen molar-refractivity contribution in [3.05, 3.63) is 36.6 Å². The van der Waals surface area contributed by atoms with Gasteiger partial charge in [0.15, 0.2) is 13.2 Å². The molecule has 0 saturated heterocycles. The van der Waals surface area contributed by atoms with E-state index in [0.29, 0.717) is 0 Å². The van der Waals surface area contributed by atoms with Crippen LogP contribution in [0.25, 0.3) is 11.3 Å². The lowest BCUT2D eigenvalue weighted by Gasteiger charge is -2.13. The normalized spacial score (nSPS) is 12.3. The number of benzene rings is 1. The highest BCUT2D eigenvalue weighted by molar-refractivity contribution is 5.62. The molecule has 0 radical (unpaired) electrons. The van der Waals surface area contributed by atoms with Gasteiger partial charge in [0.2, 0.25) is 0 Å². The van der Waals surface area contributed by atoms with Gasteiger partial charge in [0.1, 0.15) is 17.3 Å². The molecule has 1 heterocycles. The Balaban J connectivity index is 2.24. The van der Waals surface area contributed by atoms with Crippen LogP contribution in [0, 0.1) is 0 Å². The Bertz CT molecular complexity index is 595. The third kappa shape index (κ3) is 5.76. The van der Waals surface area contributed by atoms with Gasteiger partial charge in [0, 0.05) is 11.6 Å². The molecule has 0 amide bonds. The molecule has 1 aromatic heterocycles. The highest BCUT2D eigenvalue weighted by Gasteiger charge is 2.30. The maximum atomic E-state index is 12.2. The predicted molar refractivity (Wildman–Crippen MR) is 67.2 cm³/mol. The molecule has 23 heavy (non-hydrogen) atoms. The summed E-state index contributed by atoms with van der Waals surface area (Å²) in [5.74, 6) is -0.318. The average Bonchev–Trinajstić information content (AvgIpc) is 2.95. The largest absolute Gasteiger partial charge is 0.484 e. The number of furan rings is 1. The molecule has 0 N–H and O–H groups in total. The second kappa shape index (κ2) is 6.43. The molecule has 0 saturated carbocycles. The number of ether oxygens (including phenoxy) is 2. The van der Waals surface area contributed by atoms with Crippen molar-refractivity contribution in [1.82, 2.24) is 0 Å². The first-order chi connectivity index (χ1) is 10.6. The van der Waals surface area contributed by atoms with Crippen molar-refractivity contribution in [1.29, 1.82) is 0 Å². The van der Waals surface area contributed by atoms with Gasteiger partial charge in [-0.15, -0.1) is 0 Å². The zero-order valence-electron chi connectivity index (χ0n) is 11.4. The molecule has 1 aromatic carbocycles. The summed E-state index contributed by atoms with van der Waals surface area (Å²) in [6, 6.07) is 6.39. The Morgan fingerprint density at radius 3 is 1.74 bits per heavy atom. The third-order valence-electron chi connectivity index (χ3n) is 2.49. The van der Waals surface area contributed by atoms with Crippen LogP contribution in [0.15, 0.2) is 41.0 Å². The summed E-state index contributed by atoms with van der Waals surface area (Å²) < 4.78 is 87.4. The van der Waals surface area contributed by atoms with Gasteiger partial charge in [0.25, 0.3) is 0 Å². The fourth-order valence-corrected chi connectivity index (χ4v) is 1.65. The van der Waals surface area contributed by atoms with Gasteiger partial charge in [-0.05, 0) is 24.3 Å². The smallest absolute Gasteiger partial charge is 0.422 e. The van der Waals surface area contributed by atoms with Crippen molar-refractivity contribution in [2.24, 2.45) is 0 Å². The maximum absolute atomic E-state index is 12.2. The number of rotatable bonds is 5. The quantitative estimate of drug-likeness (QED) is 0.731. The number of alkyl halides is 6. The van der Waals surface area contributed by atoms with E-state index in [2.05, 4.69) is 9.47 Å². The van der Waals surface area contributed by atoms with Crippen LogP contribution < -0.4 is 9.47 Å².